The summed E-state index contributed by atoms with van der Waals surface area (Å²) in [4.78, 5) is 29.1. The Balaban J connectivity index is 2.21. The number of nitrogens with zero attached hydrogens (tertiary/aromatic N) is 2. The normalized spacial score (nSPS) is 18.5. The number of aromatic nitrogens is 1. The van der Waals surface area contributed by atoms with Gasteiger partial charge in [-0.1, -0.05) is 0 Å². The first kappa shape index (κ1) is 13.0. The van der Waals surface area contributed by atoms with Crippen LogP contribution < -0.4 is 5.73 Å². The van der Waals surface area contributed by atoms with Gasteiger partial charge in [0.05, 0.1) is 14.0 Å². The van der Waals surface area contributed by atoms with E-state index in [0.29, 0.717) is 4.91 Å². The summed E-state index contributed by atoms with van der Waals surface area (Å²) in [5.74, 6) is -0.282. The molecule has 1 saturated heterocycles. The van der Waals surface area contributed by atoms with Crippen LogP contribution >= 0.6 is 45.7 Å². The Bertz CT molecular complexity index is 500. The molecule has 1 aromatic heterocycles. The molecular formula is C9H8IN3O2S2. The molecule has 2 heterocycles. The monoisotopic (exact) mass is 381 g/mol. The Morgan fingerprint density at radius 3 is 2.88 bits per heavy atom. The Hall–Kier alpha value is -0.450. The van der Waals surface area contributed by atoms with Crippen LogP contribution in [0.2, 0.25) is 0 Å². The molecule has 2 N–H and O–H groups in total. The van der Waals surface area contributed by atoms with Crippen LogP contribution in [0.1, 0.15) is 5.01 Å². The number of halogens is 1. The van der Waals surface area contributed by atoms with Crippen LogP contribution in [0.5, 0.6) is 0 Å². The first-order chi connectivity index (χ1) is 8.11. The summed E-state index contributed by atoms with van der Waals surface area (Å²) in [6.07, 6.45) is 3.37. The number of hydrogen-bond acceptors (Lipinski definition) is 6. The van der Waals surface area contributed by atoms with Gasteiger partial charge in [-0.3, -0.25) is 14.5 Å². The summed E-state index contributed by atoms with van der Waals surface area (Å²) in [5, 5.41) is 0.464. The predicted octanol–water partition coefficient (Wildman–Crippen LogP) is 1.74. The van der Waals surface area contributed by atoms with Crippen molar-refractivity contribution >= 4 is 62.9 Å². The number of thioether (sulfide) groups is 1. The summed E-state index contributed by atoms with van der Waals surface area (Å²) >= 11 is 4.56. The highest BCUT2D eigenvalue weighted by Gasteiger charge is 2.34. The minimum atomic E-state index is -0.282. The van der Waals surface area contributed by atoms with Crippen molar-refractivity contribution in [1.82, 2.24) is 9.88 Å². The molecule has 1 fully saturated rings. The summed E-state index contributed by atoms with van der Waals surface area (Å²) in [6.45, 7) is 0.540. The van der Waals surface area contributed by atoms with Crippen molar-refractivity contribution in [3.05, 3.63) is 19.0 Å². The van der Waals surface area contributed by atoms with Gasteiger partial charge < -0.3 is 5.73 Å². The standard InChI is InChI=1S/C9H8IN3O2S2/c10-6-4-12-7(17-6)3-5-8(14)13(2-1-11)9(15)16-5/h3-4H,1-2,11H2/b5-3+. The molecule has 0 bridgehead atoms. The third-order valence-electron chi connectivity index (χ3n) is 1.98. The number of carbonyl (C=O) groups excluding carboxylic acids is 2. The molecule has 0 saturated carbocycles. The molecule has 5 nitrogen and oxygen atoms in total. The van der Waals surface area contributed by atoms with Gasteiger partial charge in [0, 0.05) is 13.1 Å². The summed E-state index contributed by atoms with van der Waals surface area (Å²) in [7, 11) is 0. The van der Waals surface area contributed by atoms with Gasteiger partial charge in [0.25, 0.3) is 11.1 Å². The molecule has 0 aliphatic carbocycles. The van der Waals surface area contributed by atoms with Crippen LogP contribution in [0, 0.1) is 2.88 Å². The van der Waals surface area contributed by atoms with E-state index in [0.717, 1.165) is 24.6 Å². The molecule has 2 amide bonds. The molecule has 0 atom stereocenters. The van der Waals surface area contributed by atoms with E-state index in [2.05, 4.69) is 27.6 Å². The van der Waals surface area contributed by atoms with Crippen molar-refractivity contribution in [1.29, 1.82) is 0 Å². The number of rotatable bonds is 3. The molecular weight excluding hydrogens is 373 g/mol. The second kappa shape index (κ2) is 5.46. The molecule has 1 aliphatic heterocycles. The Morgan fingerprint density at radius 1 is 1.53 bits per heavy atom. The van der Waals surface area contributed by atoms with Crippen LogP contribution in [0.15, 0.2) is 11.1 Å². The zero-order chi connectivity index (χ0) is 12.4. The SMILES string of the molecule is NCCN1C(=O)S/C(=C/c2ncc(I)s2)C1=O. The molecule has 17 heavy (non-hydrogen) atoms. The quantitative estimate of drug-likeness (QED) is 0.638. The average molecular weight is 381 g/mol. The van der Waals surface area contributed by atoms with E-state index in [-0.39, 0.29) is 24.2 Å². The van der Waals surface area contributed by atoms with Crippen molar-refractivity contribution in [3.63, 3.8) is 0 Å². The second-order valence-electron chi connectivity index (χ2n) is 3.12. The fourth-order valence-corrected chi connectivity index (χ4v) is 3.59. The zero-order valence-corrected chi connectivity index (χ0v) is 12.3. The minimum Gasteiger partial charge on any atom is -0.329 e. The van der Waals surface area contributed by atoms with Crippen LogP contribution in [0.25, 0.3) is 6.08 Å². The molecule has 0 unspecified atom stereocenters. The Morgan fingerprint density at radius 2 is 2.29 bits per heavy atom. The topological polar surface area (TPSA) is 76.3 Å². The van der Waals surface area contributed by atoms with Crippen molar-refractivity contribution in [2.75, 3.05) is 13.1 Å². The van der Waals surface area contributed by atoms with Gasteiger partial charge in [0.2, 0.25) is 0 Å². The molecule has 8 heteroatoms. The van der Waals surface area contributed by atoms with E-state index in [9.17, 15) is 9.59 Å². The third-order valence-corrected chi connectivity index (χ3v) is 4.56. The Kier molecular flexibility index (Phi) is 4.17. The molecule has 0 aromatic carbocycles. The maximum atomic E-state index is 11.9. The third kappa shape index (κ3) is 2.87. The van der Waals surface area contributed by atoms with Crippen molar-refractivity contribution in [2.45, 2.75) is 0 Å². The number of amides is 2. The number of carbonyl (C=O) groups is 2. The second-order valence-corrected chi connectivity index (χ2v) is 7.07. The fraction of sp³-hybridized carbons (Fsp3) is 0.222. The molecule has 90 valence electrons. The van der Waals surface area contributed by atoms with E-state index in [1.54, 1.807) is 12.3 Å². The lowest BCUT2D eigenvalue weighted by Crippen LogP contribution is -2.33. The van der Waals surface area contributed by atoms with E-state index < -0.39 is 0 Å². The van der Waals surface area contributed by atoms with Crippen LogP contribution in [0.4, 0.5) is 4.79 Å². The lowest BCUT2D eigenvalue weighted by molar-refractivity contribution is -0.122. The Labute approximate surface area is 120 Å². The molecule has 1 aliphatic rings. The van der Waals surface area contributed by atoms with E-state index >= 15 is 0 Å². The first-order valence-electron chi connectivity index (χ1n) is 4.68. The van der Waals surface area contributed by atoms with Gasteiger partial charge in [0.15, 0.2) is 0 Å². The highest BCUT2D eigenvalue weighted by Crippen LogP contribution is 2.32. The maximum Gasteiger partial charge on any atom is 0.293 e. The van der Waals surface area contributed by atoms with Gasteiger partial charge in [-0.25, -0.2) is 4.98 Å². The fourth-order valence-electron chi connectivity index (χ4n) is 1.27. The van der Waals surface area contributed by atoms with Crippen LogP contribution in [-0.2, 0) is 4.79 Å². The van der Waals surface area contributed by atoms with Gasteiger partial charge in [0.1, 0.15) is 5.01 Å². The lowest BCUT2D eigenvalue weighted by Gasteiger charge is -2.09. The summed E-state index contributed by atoms with van der Waals surface area (Å²) < 4.78 is 1.04. The van der Waals surface area contributed by atoms with E-state index in [1.165, 1.54) is 11.3 Å². The predicted molar refractivity (Wildman–Crippen MR) is 76.6 cm³/mol. The zero-order valence-electron chi connectivity index (χ0n) is 8.55. The first-order valence-corrected chi connectivity index (χ1v) is 7.39. The summed E-state index contributed by atoms with van der Waals surface area (Å²) in [5.41, 5.74) is 5.35. The molecule has 1 aromatic rings. The number of nitrogens with two attached hydrogens (primary N) is 1. The van der Waals surface area contributed by atoms with Crippen molar-refractivity contribution in [3.8, 4) is 0 Å². The molecule has 2 rings (SSSR count). The summed E-state index contributed by atoms with van der Waals surface area (Å²) in [6, 6.07) is 0. The molecule has 0 radical (unpaired) electrons. The van der Waals surface area contributed by atoms with Crippen LogP contribution in [0.3, 0.4) is 0 Å². The highest BCUT2D eigenvalue weighted by atomic mass is 127. The number of imide groups is 1. The number of hydrogen-bond donors (Lipinski definition) is 1. The van der Waals surface area contributed by atoms with Gasteiger partial charge in [-0.2, -0.15) is 0 Å². The van der Waals surface area contributed by atoms with Crippen molar-refractivity contribution < 1.29 is 9.59 Å². The average Bonchev–Trinajstić information content (AvgIpc) is 2.79. The van der Waals surface area contributed by atoms with Crippen molar-refractivity contribution in [2.24, 2.45) is 5.73 Å². The number of thiazole rings is 1. The van der Waals surface area contributed by atoms with Gasteiger partial charge >= 0.3 is 0 Å². The van der Waals surface area contributed by atoms with Gasteiger partial charge in [-0.05, 0) is 40.4 Å². The maximum absolute atomic E-state index is 11.9. The minimum absolute atomic E-state index is 0.261. The smallest absolute Gasteiger partial charge is 0.293 e. The largest absolute Gasteiger partial charge is 0.329 e. The van der Waals surface area contributed by atoms with Crippen LogP contribution in [-0.4, -0.2) is 34.1 Å². The molecule has 0 spiro atoms. The van der Waals surface area contributed by atoms with E-state index in [1.807, 2.05) is 0 Å². The van der Waals surface area contributed by atoms with Gasteiger partial charge in [-0.15, -0.1) is 11.3 Å². The lowest BCUT2D eigenvalue weighted by atomic mass is 10.4. The van der Waals surface area contributed by atoms with E-state index in [4.69, 9.17) is 5.73 Å². The highest BCUT2D eigenvalue weighted by molar-refractivity contribution is 14.1.